The molecule has 0 bridgehead atoms. The summed E-state index contributed by atoms with van der Waals surface area (Å²) >= 11 is 0. The van der Waals surface area contributed by atoms with Gasteiger partial charge in [-0.05, 0) is 91.5 Å². The molecule has 1 heterocycles. The van der Waals surface area contributed by atoms with Crippen LogP contribution in [-0.4, -0.2) is 0 Å². The summed E-state index contributed by atoms with van der Waals surface area (Å²) in [6.45, 7) is 0. The number of rotatable bonds is 7. The van der Waals surface area contributed by atoms with Gasteiger partial charge in [-0.2, -0.15) is 0 Å². The van der Waals surface area contributed by atoms with Crippen molar-refractivity contribution in [2.45, 2.75) is 0 Å². The first-order chi connectivity index (χ1) is 28.8. The van der Waals surface area contributed by atoms with Crippen LogP contribution in [0.25, 0.3) is 88.0 Å². The molecule has 0 fully saturated rings. The SMILES string of the molecule is c1ccc(-c2ccc(-c3ccc(N(c4cccc5ccc6ccccc6c45)c4ccc(-c5ccc(-c6ccccc6)cc5)c5oc6ccccc6c45)cc3)cc2)cc1. The molecule has 0 saturated heterocycles. The van der Waals surface area contributed by atoms with Crippen molar-refractivity contribution in [2.75, 3.05) is 4.90 Å². The molecular formula is C56H37NO. The summed E-state index contributed by atoms with van der Waals surface area (Å²) in [4.78, 5) is 2.43. The maximum atomic E-state index is 6.87. The van der Waals surface area contributed by atoms with Gasteiger partial charge in [0, 0.05) is 22.0 Å². The minimum absolute atomic E-state index is 0.865. The van der Waals surface area contributed by atoms with E-state index in [0.29, 0.717) is 0 Å². The lowest BCUT2D eigenvalue weighted by Gasteiger charge is -2.28. The minimum Gasteiger partial charge on any atom is -0.455 e. The molecule has 2 nitrogen and oxygen atoms in total. The highest BCUT2D eigenvalue weighted by Gasteiger charge is 2.24. The Labute approximate surface area is 337 Å². The highest BCUT2D eigenvalue weighted by Crippen LogP contribution is 2.48. The first-order valence-corrected chi connectivity index (χ1v) is 19.8. The molecule has 0 spiro atoms. The summed E-state index contributed by atoms with van der Waals surface area (Å²) in [7, 11) is 0. The summed E-state index contributed by atoms with van der Waals surface area (Å²) < 4.78 is 6.87. The zero-order valence-electron chi connectivity index (χ0n) is 31.7. The van der Waals surface area contributed by atoms with Gasteiger partial charge in [-0.1, -0.05) is 188 Å². The van der Waals surface area contributed by atoms with Gasteiger partial charge in [-0.3, -0.25) is 0 Å². The Balaban J connectivity index is 1.11. The van der Waals surface area contributed by atoms with Crippen molar-refractivity contribution in [3.8, 4) is 44.5 Å². The van der Waals surface area contributed by atoms with Crippen molar-refractivity contribution < 1.29 is 4.42 Å². The molecule has 0 atom stereocenters. The van der Waals surface area contributed by atoms with Crippen molar-refractivity contribution in [1.29, 1.82) is 0 Å². The molecule has 0 saturated carbocycles. The van der Waals surface area contributed by atoms with E-state index in [4.69, 9.17) is 4.42 Å². The van der Waals surface area contributed by atoms with Crippen LogP contribution in [0.15, 0.2) is 229 Å². The zero-order chi connectivity index (χ0) is 38.4. The molecule has 0 aliphatic carbocycles. The number of fused-ring (bicyclic) bond motifs is 6. The van der Waals surface area contributed by atoms with Crippen molar-refractivity contribution in [1.82, 2.24) is 0 Å². The van der Waals surface area contributed by atoms with E-state index in [0.717, 1.165) is 50.1 Å². The third-order valence-corrected chi connectivity index (χ3v) is 11.5. The molecule has 0 aliphatic rings. The zero-order valence-corrected chi connectivity index (χ0v) is 31.7. The average molecular weight is 740 g/mol. The molecule has 0 unspecified atom stereocenters. The van der Waals surface area contributed by atoms with E-state index >= 15 is 0 Å². The fourth-order valence-electron chi connectivity index (χ4n) is 8.62. The van der Waals surface area contributed by atoms with Crippen molar-refractivity contribution >= 4 is 60.5 Å². The highest BCUT2D eigenvalue weighted by atomic mass is 16.3. The first-order valence-electron chi connectivity index (χ1n) is 19.8. The Hall–Kier alpha value is -7.68. The van der Waals surface area contributed by atoms with E-state index < -0.39 is 0 Å². The lowest BCUT2D eigenvalue weighted by Crippen LogP contribution is -2.11. The number of hydrogen-bond acceptors (Lipinski definition) is 2. The number of nitrogens with zero attached hydrogens (tertiary/aromatic N) is 1. The molecule has 0 amide bonds. The average Bonchev–Trinajstić information content (AvgIpc) is 3.70. The maximum Gasteiger partial charge on any atom is 0.145 e. The number of furan rings is 1. The van der Waals surface area contributed by atoms with Gasteiger partial charge in [0.1, 0.15) is 11.2 Å². The molecule has 272 valence electrons. The number of anilines is 3. The van der Waals surface area contributed by atoms with Gasteiger partial charge in [0.15, 0.2) is 0 Å². The summed E-state index contributed by atoms with van der Waals surface area (Å²) in [5.41, 5.74) is 14.3. The number of para-hydroxylation sites is 1. The standard InChI is InChI=1S/C56H37NO/c1-3-12-38(13-4-1)40-22-24-42(25-23-40)43-32-34-47(35-33-43)57(51-20-11-17-46-31-30-44-16-7-8-18-48(44)54(46)51)52-37-36-49(56-55(52)50-19-9-10-21-53(50)58-56)45-28-26-41(27-29-45)39-14-5-2-6-15-39/h1-37H. The lowest BCUT2D eigenvalue weighted by molar-refractivity contribution is 0.670. The Morgan fingerprint density at radius 3 is 1.43 bits per heavy atom. The third kappa shape index (κ3) is 5.82. The lowest BCUT2D eigenvalue weighted by atomic mass is 9.96. The Morgan fingerprint density at radius 2 is 0.776 bits per heavy atom. The maximum absolute atomic E-state index is 6.87. The van der Waals surface area contributed by atoms with Crippen LogP contribution in [0.4, 0.5) is 17.1 Å². The topological polar surface area (TPSA) is 16.4 Å². The van der Waals surface area contributed by atoms with Crippen LogP contribution < -0.4 is 4.90 Å². The Bertz CT molecular complexity index is 3240. The second-order valence-corrected chi connectivity index (χ2v) is 14.9. The molecular weight excluding hydrogens is 703 g/mol. The smallest absolute Gasteiger partial charge is 0.145 e. The van der Waals surface area contributed by atoms with Crippen LogP contribution in [-0.2, 0) is 0 Å². The predicted octanol–water partition coefficient (Wildman–Crippen LogP) is 16.0. The normalized spacial score (nSPS) is 11.4. The molecule has 11 rings (SSSR count). The second-order valence-electron chi connectivity index (χ2n) is 14.9. The largest absolute Gasteiger partial charge is 0.455 e. The van der Waals surface area contributed by atoms with E-state index in [1.165, 1.54) is 54.9 Å². The molecule has 0 radical (unpaired) electrons. The molecule has 58 heavy (non-hydrogen) atoms. The van der Waals surface area contributed by atoms with Gasteiger partial charge in [0.2, 0.25) is 0 Å². The van der Waals surface area contributed by atoms with Crippen LogP contribution in [0.5, 0.6) is 0 Å². The summed E-state index contributed by atoms with van der Waals surface area (Å²) in [6, 6.07) is 80.6. The summed E-state index contributed by atoms with van der Waals surface area (Å²) in [6.07, 6.45) is 0. The van der Waals surface area contributed by atoms with Crippen LogP contribution in [0, 0.1) is 0 Å². The van der Waals surface area contributed by atoms with Crippen molar-refractivity contribution in [3.63, 3.8) is 0 Å². The Morgan fingerprint density at radius 1 is 0.293 bits per heavy atom. The molecule has 0 aliphatic heterocycles. The molecule has 0 N–H and O–H groups in total. The number of hydrogen-bond donors (Lipinski definition) is 0. The quantitative estimate of drug-likeness (QED) is 0.151. The Kier molecular flexibility index (Phi) is 8.19. The van der Waals surface area contributed by atoms with Crippen LogP contribution in [0.2, 0.25) is 0 Å². The first kappa shape index (κ1) is 33.6. The van der Waals surface area contributed by atoms with Gasteiger partial charge < -0.3 is 9.32 Å². The monoisotopic (exact) mass is 739 g/mol. The third-order valence-electron chi connectivity index (χ3n) is 11.5. The fraction of sp³-hybridized carbons (Fsp3) is 0. The van der Waals surface area contributed by atoms with Crippen LogP contribution in [0.1, 0.15) is 0 Å². The summed E-state index contributed by atoms with van der Waals surface area (Å²) in [5, 5.41) is 7.00. The van der Waals surface area contributed by atoms with E-state index in [2.05, 4.69) is 229 Å². The summed E-state index contributed by atoms with van der Waals surface area (Å²) in [5.74, 6) is 0. The van der Waals surface area contributed by atoms with E-state index in [1.807, 2.05) is 0 Å². The fourth-order valence-corrected chi connectivity index (χ4v) is 8.62. The van der Waals surface area contributed by atoms with E-state index in [9.17, 15) is 0 Å². The van der Waals surface area contributed by atoms with Crippen LogP contribution in [0.3, 0.4) is 0 Å². The molecule has 1 aromatic heterocycles. The number of benzene rings is 10. The minimum atomic E-state index is 0.865. The van der Waals surface area contributed by atoms with Crippen molar-refractivity contribution in [2.24, 2.45) is 0 Å². The van der Waals surface area contributed by atoms with Gasteiger partial charge in [0.25, 0.3) is 0 Å². The van der Waals surface area contributed by atoms with Gasteiger partial charge >= 0.3 is 0 Å². The second kappa shape index (κ2) is 14.1. The van der Waals surface area contributed by atoms with Gasteiger partial charge in [0.05, 0.1) is 16.8 Å². The van der Waals surface area contributed by atoms with E-state index in [-0.39, 0.29) is 0 Å². The molecule has 2 heteroatoms. The highest BCUT2D eigenvalue weighted by molar-refractivity contribution is 6.20. The van der Waals surface area contributed by atoms with E-state index in [1.54, 1.807) is 0 Å². The van der Waals surface area contributed by atoms with Gasteiger partial charge in [-0.25, -0.2) is 0 Å². The molecule has 10 aromatic carbocycles. The van der Waals surface area contributed by atoms with Gasteiger partial charge in [-0.15, -0.1) is 0 Å². The van der Waals surface area contributed by atoms with Crippen LogP contribution >= 0.6 is 0 Å². The molecule has 11 aromatic rings. The van der Waals surface area contributed by atoms with Crippen molar-refractivity contribution in [3.05, 3.63) is 224 Å². The predicted molar refractivity (Wildman–Crippen MR) is 245 cm³/mol.